The maximum absolute atomic E-state index is 5.95. The van der Waals surface area contributed by atoms with Crippen LogP contribution in [0, 0.1) is 0 Å². The number of rotatable bonds is 7. The SMILES string of the molecule is CCn1ccnc1CN1CCC[C@H](c2cncc(Oc3ccccc3OC)n2)C1. The lowest BCUT2D eigenvalue weighted by molar-refractivity contribution is 0.191. The van der Waals surface area contributed by atoms with Crippen molar-refractivity contribution < 1.29 is 9.47 Å². The molecule has 0 saturated carbocycles. The Balaban J connectivity index is 1.46. The molecule has 7 heteroatoms. The van der Waals surface area contributed by atoms with Crippen LogP contribution in [-0.4, -0.2) is 44.6 Å². The van der Waals surface area contributed by atoms with E-state index in [2.05, 4.69) is 26.4 Å². The maximum Gasteiger partial charge on any atom is 0.238 e. The molecule has 3 heterocycles. The van der Waals surface area contributed by atoms with Crippen LogP contribution in [0.15, 0.2) is 49.1 Å². The molecular formula is C22H27N5O2. The molecule has 0 amide bonds. The molecule has 7 nitrogen and oxygen atoms in total. The van der Waals surface area contributed by atoms with Crippen LogP contribution in [0.2, 0.25) is 0 Å². The molecule has 1 aliphatic rings. The molecule has 2 aromatic heterocycles. The first kappa shape index (κ1) is 19.4. The Bertz CT molecular complexity index is 942. The van der Waals surface area contributed by atoms with Crippen molar-refractivity contribution in [2.75, 3.05) is 20.2 Å². The van der Waals surface area contributed by atoms with Crippen molar-refractivity contribution in [3.8, 4) is 17.4 Å². The fourth-order valence-electron chi connectivity index (χ4n) is 3.84. The summed E-state index contributed by atoms with van der Waals surface area (Å²) in [6.07, 6.45) is 9.67. The number of hydrogen-bond acceptors (Lipinski definition) is 6. The fourth-order valence-corrected chi connectivity index (χ4v) is 3.84. The van der Waals surface area contributed by atoms with Gasteiger partial charge in [-0.2, -0.15) is 0 Å². The van der Waals surface area contributed by atoms with Crippen LogP contribution in [0.4, 0.5) is 0 Å². The lowest BCUT2D eigenvalue weighted by Gasteiger charge is -2.32. The number of para-hydroxylation sites is 2. The van der Waals surface area contributed by atoms with Crippen LogP contribution < -0.4 is 9.47 Å². The third kappa shape index (κ3) is 4.56. The average Bonchev–Trinajstić information content (AvgIpc) is 3.21. The van der Waals surface area contributed by atoms with Gasteiger partial charge in [0.25, 0.3) is 0 Å². The lowest BCUT2D eigenvalue weighted by Crippen LogP contribution is -2.35. The second-order valence-electron chi connectivity index (χ2n) is 7.24. The van der Waals surface area contributed by atoms with E-state index in [-0.39, 0.29) is 0 Å². The third-order valence-electron chi connectivity index (χ3n) is 5.35. The van der Waals surface area contributed by atoms with Gasteiger partial charge in [-0.1, -0.05) is 12.1 Å². The van der Waals surface area contributed by atoms with Crippen LogP contribution in [0.5, 0.6) is 17.4 Å². The summed E-state index contributed by atoms with van der Waals surface area (Å²) in [5.41, 5.74) is 0.973. The zero-order valence-corrected chi connectivity index (χ0v) is 17.0. The Morgan fingerprint density at radius 2 is 2.03 bits per heavy atom. The molecule has 3 aromatic rings. The van der Waals surface area contributed by atoms with Crippen molar-refractivity contribution >= 4 is 0 Å². The van der Waals surface area contributed by atoms with Crippen molar-refractivity contribution in [1.29, 1.82) is 0 Å². The van der Waals surface area contributed by atoms with Crippen LogP contribution >= 0.6 is 0 Å². The summed E-state index contributed by atoms with van der Waals surface area (Å²) in [6, 6.07) is 7.56. The lowest BCUT2D eigenvalue weighted by atomic mass is 9.95. The number of nitrogens with zero attached hydrogens (tertiary/aromatic N) is 5. The summed E-state index contributed by atoms with van der Waals surface area (Å²) in [7, 11) is 1.63. The van der Waals surface area contributed by atoms with Crippen LogP contribution in [0.3, 0.4) is 0 Å². The molecule has 1 aromatic carbocycles. The quantitative estimate of drug-likeness (QED) is 0.607. The number of methoxy groups -OCH3 is 1. The van der Waals surface area contributed by atoms with E-state index in [1.165, 1.54) is 0 Å². The minimum Gasteiger partial charge on any atom is -0.493 e. The highest BCUT2D eigenvalue weighted by Gasteiger charge is 2.24. The van der Waals surface area contributed by atoms with Gasteiger partial charge in [-0.05, 0) is 38.4 Å². The number of benzene rings is 1. The minimum absolute atomic E-state index is 0.336. The van der Waals surface area contributed by atoms with Gasteiger partial charge in [-0.3, -0.25) is 9.88 Å². The van der Waals surface area contributed by atoms with E-state index in [9.17, 15) is 0 Å². The maximum atomic E-state index is 5.95. The first-order valence-electron chi connectivity index (χ1n) is 10.1. The largest absolute Gasteiger partial charge is 0.493 e. The zero-order chi connectivity index (χ0) is 20.1. The van der Waals surface area contributed by atoms with Crippen molar-refractivity contribution in [2.45, 2.75) is 38.8 Å². The van der Waals surface area contributed by atoms with Crippen molar-refractivity contribution in [3.05, 3.63) is 60.6 Å². The van der Waals surface area contributed by atoms with Crippen LogP contribution in [0.1, 0.15) is 37.2 Å². The fraction of sp³-hybridized carbons (Fsp3) is 0.409. The Hall–Kier alpha value is -2.93. The highest BCUT2D eigenvalue weighted by atomic mass is 16.5. The molecule has 0 bridgehead atoms. The Morgan fingerprint density at radius 1 is 1.17 bits per heavy atom. The molecule has 1 fully saturated rings. The van der Waals surface area contributed by atoms with Gasteiger partial charge < -0.3 is 14.0 Å². The molecule has 0 unspecified atom stereocenters. The Labute approximate surface area is 171 Å². The van der Waals surface area contributed by atoms with Crippen molar-refractivity contribution in [3.63, 3.8) is 0 Å². The summed E-state index contributed by atoms with van der Waals surface area (Å²) >= 11 is 0. The standard InChI is InChI=1S/C22H27N5O2/c1-3-27-12-10-24-21(27)16-26-11-6-7-17(15-26)18-13-23-14-22(25-18)29-20-9-5-4-8-19(20)28-2/h4-5,8-10,12-14,17H,3,6-7,11,15-16H2,1-2H3/t17-/m0/s1. The highest BCUT2D eigenvalue weighted by molar-refractivity contribution is 5.41. The average molecular weight is 393 g/mol. The smallest absolute Gasteiger partial charge is 0.238 e. The molecular weight excluding hydrogens is 366 g/mol. The zero-order valence-electron chi connectivity index (χ0n) is 17.0. The van der Waals surface area contributed by atoms with Gasteiger partial charge in [0.05, 0.1) is 25.5 Å². The van der Waals surface area contributed by atoms with Crippen molar-refractivity contribution in [1.82, 2.24) is 24.4 Å². The van der Waals surface area contributed by atoms with Crippen LogP contribution in [0.25, 0.3) is 0 Å². The van der Waals surface area contributed by atoms with Crippen molar-refractivity contribution in [2.24, 2.45) is 0 Å². The Morgan fingerprint density at radius 3 is 2.86 bits per heavy atom. The molecule has 1 saturated heterocycles. The monoisotopic (exact) mass is 393 g/mol. The van der Waals surface area contributed by atoms with Gasteiger partial charge in [-0.15, -0.1) is 0 Å². The number of likely N-dealkylation sites (tertiary alicyclic amines) is 1. The normalized spacial score (nSPS) is 17.2. The molecule has 0 radical (unpaired) electrons. The summed E-state index contributed by atoms with van der Waals surface area (Å²) in [4.78, 5) is 16.1. The summed E-state index contributed by atoms with van der Waals surface area (Å²) < 4.78 is 13.5. The third-order valence-corrected chi connectivity index (χ3v) is 5.35. The van der Waals surface area contributed by atoms with Gasteiger partial charge in [-0.25, -0.2) is 9.97 Å². The number of imidazole rings is 1. The van der Waals surface area contributed by atoms with E-state index < -0.39 is 0 Å². The van der Waals surface area contributed by atoms with E-state index >= 15 is 0 Å². The second kappa shape index (κ2) is 9.05. The van der Waals surface area contributed by atoms with Gasteiger partial charge in [0.1, 0.15) is 5.82 Å². The second-order valence-corrected chi connectivity index (χ2v) is 7.24. The summed E-state index contributed by atoms with van der Waals surface area (Å²) in [6.45, 7) is 5.98. The predicted molar refractivity (Wildman–Crippen MR) is 110 cm³/mol. The number of ether oxygens (including phenoxy) is 2. The first-order valence-corrected chi connectivity index (χ1v) is 10.1. The number of hydrogen-bond donors (Lipinski definition) is 0. The topological polar surface area (TPSA) is 65.3 Å². The summed E-state index contributed by atoms with van der Waals surface area (Å²) in [5, 5.41) is 0. The predicted octanol–water partition coefficient (Wildman–Crippen LogP) is 3.87. The first-order chi connectivity index (χ1) is 14.3. The van der Waals surface area contributed by atoms with E-state index in [0.717, 1.165) is 50.5 Å². The van der Waals surface area contributed by atoms with Gasteiger partial charge >= 0.3 is 0 Å². The van der Waals surface area contributed by atoms with Gasteiger partial charge in [0.2, 0.25) is 5.88 Å². The Kier molecular flexibility index (Phi) is 6.05. The molecule has 1 atom stereocenters. The minimum atomic E-state index is 0.336. The van der Waals surface area contributed by atoms with E-state index in [4.69, 9.17) is 14.5 Å². The van der Waals surface area contributed by atoms with Crippen LogP contribution in [-0.2, 0) is 13.1 Å². The van der Waals surface area contributed by atoms with E-state index in [1.54, 1.807) is 13.3 Å². The molecule has 0 spiro atoms. The van der Waals surface area contributed by atoms with Gasteiger partial charge in [0.15, 0.2) is 11.5 Å². The number of aryl methyl sites for hydroxylation is 1. The van der Waals surface area contributed by atoms with E-state index in [0.29, 0.717) is 23.3 Å². The molecule has 152 valence electrons. The van der Waals surface area contributed by atoms with Gasteiger partial charge in [0, 0.05) is 37.6 Å². The molecule has 1 aliphatic heterocycles. The number of aromatic nitrogens is 4. The molecule has 29 heavy (non-hydrogen) atoms. The molecule has 0 N–H and O–H groups in total. The number of piperidine rings is 1. The van der Waals surface area contributed by atoms with E-state index in [1.807, 2.05) is 42.9 Å². The summed E-state index contributed by atoms with van der Waals surface area (Å²) in [5.74, 6) is 3.26. The molecule has 0 aliphatic carbocycles. The highest BCUT2D eigenvalue weighted by Crippen LogP contribution is 2.31. The molecule has 4 rings (SSSR count).